The predicted octanol–water partition coefficient (Wildman–Crippen LogP) is 5.69. The van der Waals surface area contributed by atoms with E-state index in [1.807, 2.05) is 18.2 Å². The van der Waals surface area contributed by atoms with Crippen LogP contribution in [0.5, 0.6) is 5.75 Å². The summed E-state index contributed by atoms with van der Waals surface area (Å²) in [6.45, 7) is 2.43. The summed E-state index contributed by atoms with van der Waals surface area (Å²) in [6, 6.07) is 16.3. The second-order valence-electron chi connectivity index (χ2n) is 10.9. The van der Waals surface area contributed by atoms with Gasteiger partial charge in [0.25, 0.3) is 0 Å². The van der Waals surface area contributed by atoms with E-state index in [0.717, 1.165) is 29.3 Å². The molecule has 0 spiro atoms. The molecule has 0 saturated carbocycles. The van der Waals surface area contributed by atoms with Crippen molar-refractivity contribution >= 4 is 15.9 Å². The fourth-order valence-electron chi connectivity index (χ4n) is 5.45. The SMILES string of the molecule is O=C(CC(NS(=O)(=O)c1cccc(C(F)(F)F)c1)c1ccccc1)N[C@@H]1CCOc2cc(CN3CCC(F)CC3)ccc21. The van der Waals surface area contributed by atoms with Crippen LogP contribution in [0.4, 0.5) is 17.6 Å². The van der Waals surface area contributed by atoms with Crippen molar-refractivity contribution in [3.63, 3.8) is 0 Å². The number of piperidine rings is 1. The number of nitrogens with one attached hydrogen (secondary N) is 2. The number of benzene rings is 3. The fraction of sp³-hybridized carbons (Fsp3) is 0.387. The van der Waals surface area contributed by atoms with Gasteiger partial charge in [-0.2, -0.15) is 13.2 Å². The molecule has 2 heterocycles. The number of fused-ring (bicyclic) bond motifs is 1. The van der Waals surface area contributed by atoms with Gasteiger partial charge in [-0.15, -0.1) is 0 Å². The number of hydrogen-bond acceptors (Lipinski definition) is 5. The summed E-state index contributed by atoms with van der Waals surface area (Å²) >= 11 is 0. The Bertz CT molecular complexity index is 1530. The first-order valence-corrected chi connectivity index (χ1v) is 15.6. The van der Waals surface area contributed by atoms with Gasteiger partial charge in [0.1, 0.15) is 11.9 Å². The third-order valence-electron chi connectivity index (χ3n) is 7.74. The van der Waals surface area contributed by atoms with Crippen molar-refractivity contribution in [1.82, 2.24) is 14.9 Å². The molecule has 230 valence electrons. The van der Waals surface area contributed by atoms with Gasteiger partial charge in [-0.05, 0) is 48.2 Å². The van der Waals surface area contributed by atoms with E-state index in [1.54, 1.807) is 30.3 Å². The van der Waals surface area contributed by atoms with Crippen LogP contribution >= 0.6 is 0 Å². The molecule has 12 heteroatoms. The number of carbonyl (C=O) groups is 1. The number of likely N-dealkylation sites (tertiary alicyclic amines) is 1. The maximum absolute atomic E-state index is 13.5. The summed E-state index contributed by atoms with van der Waals surface area (Å²) in [5.41, 5.74) is 1.22. The van der Waals surface area contributed by atoms with Crippen LogP contribution in [0.2, 0.25) is 0 Å². The van der Waals surface area contributed by atoms with E-state index in [1.165, 1.54) is 0 Å². The molecule has 2 aliphatic heterocycles. The molecular formula is C31H33F4N3O4S. The number of halogens is 4. The Morgan fingerprint density at radius 1 is 0.977 bits per heavy atom. The molecule has 2 aliphatic rings. The zero-order valence-corrected chi connectivity index (χ0v) is 24.1. The van der Waals surface area contributed by atoms with Crippen molar-refractivity contribution in [1.29, 1.82) is 0 Å². The van der Waals surface area contributed by atoms with Crippen LogP contribution < -0.4 is 14.8 Å². The van der Waals surface area contributed by atoms with Gasteiger partial charge in [-0.1, -0.05) is 48.5 Å². The van der Waals surface area contributed by atoms with Crippen molar-refractivity contribution < 1.29 is 35.5 Å². The predicted molar refractivity (Wildman–Crippen MR) is 152 cm³/mol. The van der Waals surface area contributed by atoms with Crippen molar-refractivity contribution in [2.45, 2.75) is 61.6 Å². The molecule has 1 saturated heterocycles. The van der Waals surface area contributed by atoms with E-state index >= 15 is 0 Å². The number of ether oxygens (including phenoxy) is 1. The molecule has 0 radical (unpaired) electrons. The third kappa shape index (κ3) is 7.92. The normalized spacial score (nSPS) is 18.8. The molecule has 0 aromatic heterocycles. The lowest BCUT2D eigenvalue weighted by Gasteiger charge is -2.30. The molecule has 2 N–H and O–H groups in total. The molecule has 1 unspecified atom stereocenters. The van der Waals surface area contributed by atoms with E-state index in [-0.39, 0.29) is 12.5 Å². The Hall–Kier alpha value is -3.48. The van der Waals surface area contributed by atoms with Gasteiger partial charge in [0.05, 0.1) is 29.1 Å². The Labute approximate surface area is 248 Å². The summed E-state index contributed by atoms with van der Waals surface area (Å²) in [5.74, 6) is 0.218. The number of nitrogens with zero attached hydrogens (tertiary/aromatic N) is 1. The smallest absolute Gasteiger partial charge is 0.416 e. The fourth-order valence-corrected chi connectivity index (χ4v) is 6.72. The van der Waals surface area contributed by atoms with E-state index in [9.17, 15) is 30.8 Å². The molecule has 43 heavy (non-hydrogen) atoms. The van der Waals surface area contributed by atoms with Crippen molar-refractivity contribution in [2.24, 2.45) is 0 Å². The molecule has 5 rings (SSSR count). The minimum absolute atomic E-state index is 0.280. The number of amides is 1. The number of hydrogen-bond donors (Lipinski definition) is 2. The van der Waals surface area contributed by atoms with Crippen LogP contribution in [-0.4, -0.2) is 45.1 Å². The second kappa shape index (κ2) is 13.0. The van der Waals surface area contributed by atoms with Gasteiger partial charge in [0.15, 0.2) is 0 Å². The average molecular weight is 620 g/mol. The lowest BCUT2D eigenvalue weighted by molar-refractivity contribution is -0.137. The summed E-state index contributed by atoms with van der Waals surface area (Å²) in [5, 5.41) is 2.98. The summed E-state index contributed by atoms with van der Waals surface area (Å²) in [7, 11) is -4.41. The number of alkyl halides is 4. The Morgan fingerprint density at radius 2 is 1.72 bits per heavy atom. The van der Waals surface area contributed by atoms with Gasteiger partial charge >= 0.3 is 6.18 Å². The van der Waals surface area contributed by atoms with Gasteiger partial charge in [0.2, 0.25) is 15.9 Å². The van der Waals surface area contributed by atoms with Crippen LogP contribution in [0.25, 0.3) is 0 Å². The molecule has 3 aromatic rings. The van der Waals surface area contributed by atoms with Gasteiger partial charge in [-0.3, -0.25) is 9.69 Å². The zero-order chi connectivity index (χ0) is 30.6. The summed E-state index contributed by atoms with van der Waals surface area (Å²) in [6.07, 6.45) is -4.18. The lowest BCUT2D eigenvalue weighted by Crippen LogP contribution is -2.37. The average Bonchev–Trinajstić information content (AvgIpc) is 2.98. The quantitative estimate of drug-likeness (QED) is 0.301. The maximum atomic E-state index is 13.5. The molecule has 1 amide bonds. The molecule has 0 bridgehead atoms. The summed E-state index contributed by atoms with van der Waals surface area (Å²) < 4.78 is 87.9. The minimum atomic E-state index is -4.71. The third-order valence-corrected chi connectivity index (χ3v) is 9.21. The largest absolute Gasteiger partial charge is 0.493 e. The number of carbonyl (C=O) groups excluding carboxylic acids is 1. The van der Waals surface area contributed by atoms with E-state index in [2.05, 4.69) is 14.9 Å². The highest BCUT2D eigenvalue weighted by atomic mass is 32.2. The monoisotopic (exact) mass is 619 g/mol. The standard InChI is InChI=1S/C31H33F4N3O4S/c32-24-11-14-38(15-12-24)20-21-9-10-26-27(13-16-42-29(26)17-21)36-30(39)19-28(22-5-2-1-3-6-22)37-43(40,41)25-8-4-7-23(18-25)31(33,34)35/h1-10,17-18,24,27-28,37H,11-16,19-20H2,(H,36,39)/t27-,28?/m1/s1. The number of rotatable bonds is 9. The molecular weight excluding hydrogens is 586 g/mol. The lowest BCUT2D eigenvalue weighted by atomic mass is 9.97. The highest BCUT2D eigenvalue weighted by molar-refractivity contribution is 7.89. The summed E-state index contributed by atoms with van der Waals surface area (Å²) in [4.78, 5) is 14.9. The van der Waals surface area contributed by atoms with E-state index < -0.39 is 44.8 Å². The van der Waals surface area contributed by atoms with Gasteiger partial charge in [0, 0.05) is 38.0 Å². The van der Waals surface area contributed by atoms with Crippen molar-refractivity contribution in [2.75, 3.05) is 19.7 Å². The van der Waals surface area contributed by atoms with Crippen LogP contribution in [-0.2, 0) is 27.5 Å². The Balaban J connectivity index is 1.29. The first kappa shape index (κ1) is 31.0. The van der Waals surface area contributed by atoms with Crippen LogP contribution in [0.15, 0.2) is 77.7 Å². The minimum Gasteiger partial charge on any atom is -0.493 e. The van der Waals surface area contributed by atoms with Crippen LogP contribution in [0, 0.1) is 0 Å². The van der Waals surface area contributed by atoms with Crippen LogP contribution in [0.1, 0.15) is 60.0 Å². The molecule has 1 fully saturated rings. The highest BCUT2D eigenvalue weighted by Crippen LogP contribution is 2.34. The Morgan fingerprint density at radius 3 is 2.44 bits per heavy atom. The van der Waals surface area contributed by atoms with Crippen molar-refractivity contribution in [3.8, 4) is 5.75 Å². The molecule has 3 aromatic carbocycles. The van der Waals surface area contributed by atoms with Gasteiger partial charge < -0.3 is 10.1 Å². The van der Waals surface area contributed by atoms with E-state index in [4.69, 9.17) is 4.74 Å². The topological polar surface area (TPSA) is 87.7 Å². The highest BCUT2D eigenvalue weighted by Gasteiger charge is 2.33. The van der Waals surface area contributed by atoms with Crippen molar-refractivity contribution in [3.05, 3.63) is 95.1 Å². The van der Waals surface area contributed by atoms with E-state index in [0.29, 0.717) is 62.9 Å². The molecule has 0 aliphatic carbocycles. The number of sulfonamides is 1. The maximum Gasteiger partial charge on any atom is 0.416 e. The zero-order valence-electron chi connectivity index (χ0n) is 23.3. The molecule has 7 nitrogen and oxygen atoms in total. The second-order valence-corrected chi connectivity index (χ2v) is 12.6. The first-order chi connectivity index (χ1) is 20.5. The van der Waals surface area contributed by atoms with Crippen LogP contribution in [0.3, 0.4) is 0 Å². The molecule has 2 atom stereocenters. The first-order valence-electron chi connectivity index (χ1n) is 14.1. The Kier molecular flexibility index (Phi) is 9.38. The van der Waals surface area contributed by atoms with Gasteiger partial charge in [-0.25, -0.2) is 17.5 Å².